The second kappa shape index (κ2) is 4.84. The number of hydrogen-bond acceptors (Lipinski definition) is 5. The Morgan fingerprint density at radius 3 is 2.32 bits per heavy atom. The Morgan fingerprint density at radius 2 is 1.79 bits per heavy atom. The number of benzene rings is 1. The lowest BCUT2D eigenvalue weighted by atomic mass is 9.87. The van der Waals surface area contributed by atoms with Crippen LogP contribution >= 0.6 is 0 Å². The third-order valence-corrected chi connectivity index (χ3v) is 2.78. The van der Waals surface area contributed by atoms with Gasteiger partial charge in [-0.3, -0.25) is 0 Å². The van der Waals surface area contributed by atoms with E-state index in [0.717, 1.165) is 5.56 Å². The van der Waals surface area contributed by atoms with Crippen molar-refractivity contribution in [2.75, 3.05) is 7.11 Å². The number of hydrogen-bond donors (Lipinski definition) is 0. The second-order valence-electron chi connectivity index (χ2n) is 5.23. The predicted octanol–water partition coefficient (Wildman–Crippen LogP) is 2.82. The molecular formula is C14H16N2O3. The molecule has 2 aromatic rings. The van der Waals surface area contributed by atoms with Gasteiger partial charge in [0.05, 0.1) is 7.11 Å². The standard InChI is InChI=1S/C14H16N2O3/c1-14(2,3)10-7-5-9(6-8-10)11-15-16-12(19-11)13(17)18-4/h5-8H,1-4H3. The van der Waals surface area contributed by atoms with Crippen LogP contribution in [0.5, 0.6) is 0 Å². The van der Waals surface area contributed by atoms with Gasteiger partial charge in [-0.05, 0) is 23.1 Å². The van der Waals surface area contributed by atoms with E-state index in [2.05, 4.69) is 35.7 Å². The fourth-order valence-electron chi connectivity index (χ4n) is 1.62. The zero-order chi connectivity index (χ0) is 14.0. The van der Waals surface area contributed by atoms with Crippen molar-refractivity contribution in [1.29, 1.82) is 0 Å². The van der Waals surface area contributed by atoms with Gasteiger partial charge >= 0.3 is 11.9 Å². The van der Waals surface area contributed by atoms with Crippen LogP contribution in [-0.4, -0.2) is 23.3 Å². The number of carbonyl (C=O) groups excluding carboxylic acids is 1. The molecule has 0 fully saturated rings. The van der Waals surface area contributed by atoms with Gasteiger partial charge in [0.25, 0.3) is 0 Å². The van der Waals surface area contributed by atoms with E-state index in [1.54, 1.807) is 0 Å². The highest BCUT2D eigenvalue weighted by atomic mass is 16.5. The summed E-state index contributed by atoms with van der Waals surface area (Å²) in [5.74, 6) is -0.469. The first-order chi connectivity index (χ1) is 8.91. The first-order valence-electron chi connectivity index (χ1n) is 5.94. The average molecular weight is 260 g/mol. The van der Waals surface area contributed by atoms with Crippen molar-refractivity contribution in [2.24, 2.45) is 0 Å². The Hall–Kier alpha value is -2.17. The van der Waals surface area contributed by atoms with E-state index in [1.807, 2.05) is 24.3 Å². The fraction of sp³-hybridized carbons (Fsp3) is 0.357. The van der Waals surface area contributed by atoms with Crippen molar-refractivity contribution >= 4 is 5.97 Å². The smallest absolute Gasteiger partial charge is 0.396 e. The van der Waals surface area contributed by atoms with Crippen molar-refractivity contribution in [3.63, 3.8) is 0 Å². The van der Waals surface area contributed by atoms with Gasteiger partial charge in [0, 0.05) is 5.56 Å². The summed E-state index contributed by atoms with van der Waals surface area (Å²) in [5, 5.41) is 7.47. The normalized spacial score (nSPS) is 11.4. The van der Waals surface area contributed by atoms with Gasteiger partial charge in [0.1, 0.15) is 0 Å². The third-order valence-electron chi connectivity index (χ3n) is 2.78. The topological polar surface area (TPSA) is 65.2 Å². The minimum atomic E-state index is -0.634. The number of rotatable bonds is 2. The zero-order valence-corrected chi connectivity index (χ0v) is 11.4. The number of esters is 1. The van der Waals surface area contributed by atoms with E-state index < -0.39 is 5.97 Å². The molecule has 0 radical (unpaired) electrons. The fourth-order valence-corrected chi connectivity index (χ4v) is 1.62. The molecule has 1 aromatic heterocycles. The Balaban J connectivity index is 2.28. The third kappa shape index (κ3) is 2.81. The average Bonchev–Trinajstić information content (AvgIpc) is 2.86. The maximum absolute atomic E-state index is 11.2. The molecule has 5 nitrogen and oxygen atoms in total. The molecule has 1 heterocycles. The Bertz CT molecular complexity index is 579. The number of carbonyl (C=O) groups is 1. The lowest BCUT2D eigenvalue weighted by molar-refractivity contribution is 0.0556. The summed E-state index contributed by atoms with van der Waals surface area (Å²) >= 11 is 0. The zero-order valence-electron chi connectivity index (χ0n) is 11.4. The van der Waals surface area contributed by atoms with Crippen LogP contribution in [0.1, 0.15) is 37.0 Å². The molecule has 0 amide bonds. The van der Waals surface area contributed by atoms with Crippen LogP contribution < -0.4 is 0 Å². The lowest BCUT2D eigenvalue weighted by Crippen LogP contribution is -2.10. The summed E-state index contributed by atoms with van der Waals surface area (Å²) in [6, 6.07) is 7.82. The summed E-state index contributed by atoms with van der Waals surface area (Å²) in [6.45, 7) is 6.43. The van der Waals surface area contributed by atoms with Crippen molar-refractivity contribution < 1.29 is 13.9 Å². The molecule has 0 aliphatic rings. The van der Waals surface area contributed by atoms with Crippen molar-refractivity contribution in [3.05, 3.63) is 35.7 Å². The monoisotopic (exact) mass is 260 g/mol. The van der Waals surface area contributed by atoms with Gasteiger partial charge in [-0.1, -0.05) is 32.9 Å². The molecule has 1 aromatic carbocycles. The van der Waals surface area contributed by atoms with Gasteiger partial charge in [-0.15, -0.1) is 10.2 Å². The first-order valence-corrected chi connectivity index (χ1v) is 5.94. The molecular weight excluding hydrogens is 244 g/mol. The van der Waals surface area contributed by atoms with E-state index in [-0.39, 0.29) is 11.3 Å². The molecule has 5 heteroatoms. The van der Waals surface area contributed by atoms with Crippen molar-refractivity contribution in [2.45, 2.75) is 26.2 Å². The van der Waals surface area contributed by atoms with Crippen LogP contribution in [0.4, 0.5) is 0 Å². The molecule has 0 unspecified atom stereocenters. The largest absolute Gasteiger partial charge is 0.462 e. The molecule has 0 saturated heterocycles. The number of ether oxygens (including phenoxy) is 1. The Kier molecular flexibility index (Phi) is 3.38. The van der Waals surface area contributed by atoms with Crippen LogP contribution in [0.2, 0.25) is 0 Å². The highest BCUT2D eigenvalue weighted by Gasteiger charge is 2.17. The molecule has 0 saturated carbocycles. The van der Waals surface area contributed by atoms with E-state index in [4.69, 9.17) is 4.42 Å². The van der Waals surface area contributed by atoms with Gasteiger partial charge < -0.3 is 9.15 Å². The SMILES string of the molecule is COC(=O)c1nnc(-c2ccc(C(C)(C)C)cc2)o1. The Morgan fingerprint density at radius 1 is 1.16 bits per heavy atom. The van der Waals surface area contributed by atoms with Crippen LogP contribution in [-0.2, 0) is 10.2 Å². The number of methoxy groups -OCH3 is 1. The van der Waals surface area contributed by atoms with Crippen LogP contribution in [0, 0.1) is 0 Å². The van der Waals surface area contributed by atoms with Gasteiger partial charge in [0.2, 0.25) is 5.89 Å². The maximum Gasteiger partial charge on any atom is 0.396 e. The second-order valence-corrected chi connectivity index (χ2v) is 5.23. The molecule has 2 rings (SSSR count). The van der Waals surface area contributed by atoms with Crippen LogP contribution in [0.25, 0.3) is 11.5 Å². The van der Waals surface area contributed by atoms with Crippen molar-refractivity contribution in [1.82, 2.24) is 10.2 Å². The first kappa shape index (κ1) is 13.3. The minimum absolute atomic E-state index is 0.0878. The maximum atomic E-state index is 11.2. The number of aromatic nitrogens is 2. The molecule has 0 aliphatic carbocycles. The summed E-state index contributed by atoms with van der Waals surface area (Å²) in [5.41, 5.74) is 2.07. The molecule has 0 atom stereocenters. The van der Waals surface area contributed by atoms with E-state index in [0.29, 0.717) is 5.89 Å². The highest BCUT2D eigenvalue weighted by molar-refractivity contribution is 5.84. The lowest BCUT2D eigenvalue weighted by Gasteiger charge is -2.18. The van der Waals surface area contributed by atoms with Gasteiger partial charge in [-0.2, -0.15) is 0 Å². The van der Waals surface area contributed by atoms with Crippen LogP contribution in [0.3, 0.4) is 0 Å². The molecule has 0 aliphatic heterocycles. The summed E-state index contributed by atoms with van der Waals surface area (Å²) in [4.78, 5) is 11.2. The molecule has 0 spiro atoms. The van der Waals surface area contributed by atoms with Gasteiger partial charge in [0.15, 0.2) is 0 Å². The quantitative estimate of drug-likeness (QED) is 0.777. The molecule has 0 bridgehead atoms. The molecule has 19 heavy (non-hydrogen) atoms. The predicted molar refractivity (Wildman–Crippen MR) is 69.8 cm³/mol. The minimum Gasteiger partial charge on any atom is -0.462 e. The summed E-state index contributed by atoms with van der Waals surface area (Å²) in [6.07, 6.45) is 0. The summed E-state index contributed by atoms with van der Waals surface area (Å²) < 4.78 is 9.77. The van der Waals surface area contributed by atoms with E-state index in [9.17, 15) is 4.79 Å². The van der Waals surface area contributed by atoms with Crippen molar-refractivity contribution in [3.8, 4) is 11.5 Å². The molecule has 0 N–H and O–H groups in total. The van der Waals surface area contributed by atoms with Gasteiger partial charge in [-0.25, -0.2) is 4.79 Å². The summed E-state index contributed by atoms with van der Waals surface area (Å²) in [7, 11) is 1.27. The van der Waals surface area contributed by atoms with E-state index in [1.165, 1.54) is 12.7 Å². The number of nitrogens with zero attached hydrogens (tertiary/aromatic N) is 2. The Labute approximate surface area is 111 Å². The van der Waals surface area contributed by atoms with Crippen LogP contribution in [0.15, 0.2) is 28.7 Å². The highest BCUT2D eigenvalue weighted by Crippen LogP contribution is 2.25. The molecule has 100 valence electrons. The van der Waals surface area contributed by atoms with E-state index >= 15 is 0 Å².